The molecule has 5 atom stereocenters. The van der Waals surface area contributed by atoms with Crippen LogP contribution < -0.4 is 16.1 Å². The topological polar surface area (TPSA) is 255 Å². The van der Waals surface area contributed by atoms with Crippen molar-refractivity contribution >= 4 is 41.6 Å². The Balaban J connectivity index is 2.01. The van der Waals surface area contributed by atoms with Crippen LogP contribution in [0.15, 0.2) is 79.0 Å². The zero-order valence-electron chi connectivity index (χ0n) is 52.6. The lowest BCUT2D eigenvalue weighted by atomic mass is 9.78. The number of esters is 3. The van der Waals surface area contributed by atoms with Gasteiger partial charge in [-0.05, 0) is 73.6 Å². The van der Waals surface area contributed by atoms with E-state index in [0.717, 1.165) is 22.4 Å². The molecule has 0 aliphatic rings. The molecule has 0 radical (unpaired) electrons. The monoisotopic (exact) mass is 1190 g/mol. The van der Waals surface area contributed by atoms with Gasteiger partial charge in [0.05, 0.1) is 104 Å². The number of amides is 3. The highest BCUT2D eigenvalue weighted by atomic mass is 16.6. The second-order valence-electron chi connectivity index (χ2n) is 24.5. The van der Waals surface area contributed by atoms with Gasteiger partial charge >= 0.3 is 24.0 Å². The predicted octanol–water partition coefficient (Wildman–Crippen LogP) is 7.90. The molecule has 85 heavy (non-hydrogen) atoms. The van der Waals surface area contributed by atoms with Crippen molar-refractivity contribution in [3.63, 3.8) is 0 Å². The third-order valence-corrected chi connectivity index (χ3v) is 13.4. The number of rotatable bonds is 39. The van der Waals surface area contributed by atoms with E-state index in [2.05, 4.69) is 21.0 Å². The van der Waals surface area contributed by atoms with E-state index < -0.39 is 94.5 Å². The van der Waals surface area contributed by atoms with Crippen molar-refractivity contribution in [3.8, 4) is 11.3 Å². The van der Waals surface area contributed by atoms with Gasteiger partial charge in [0.25, 0.3) is 0 Å². The summed E-state index contributed by atoms with van der Waals surface area (Å²) in [4.78, 5) is 102. The minimum absolute atomic E-state index is 0.0157. The number of carbonyl (C=O) groups is 7. The van der Waals surface area contributed by atoms with E-state index >= 15 is 4.79 Å². The number of pyridine rings is 1. The fraction of sp³-hybridized carbons (Fsp3) is 0.625. The van der Waals surface area contributed by atoms with E-state index in [1.165, 1.54) is 7.11 Å². The highest BCUT2D eigenvalue weighted by Gasteiger charge is 2.39. The molecule has 3 amide bonds. The number of carbonyl (C=O) groups excluding carboxylic acids is 7. The number of ether oxygens (including phenoxy) is 9. The van der Waals surface area contributed by atoms with Gasteiger partial charge in [-0.3, -0.25) is 39.2 Å². The number of Topliss-reactive ketones (excluding diaryl/α,β-unsaturated/α-hetero) is 1. The first-order valence-corrected chi connectivity index (χ1v) is 29.3. The van der Waals surface area contributed by atoms with Crippen molar-refractivity contribution in [3.05, 3.63) is 90.1 Å². The molecule has 2 aromatic carbocycles. The van der Waals surface area contributed by atoms with E-state index in [4.69, 9.17) is 42.6 Å². The van der Waals surface area contributed by atoms with Gasteiger partial charge in [-0.15, -0.1) is 0 Å². The SMILES string of the molecule is COCCOCCOCCOCCOCCOC(=O)N[C@H](C(=O)C[C@@H](Cc1ccccc1)[C@H](CN(Cc1ccc(-c2ccccn2)cc1)NC(=O)[C@@H](CC(=O)OC)C(C)(C)C)OC(=O)CNC(=O)[C@@H](CC(=O)OC(C)(C)C)CC(C)C)C(C)(C)C. The third kappa shape index (κ3) is 30.5. The maximum atomic E-state index is 15.0. The molecule has 3 rings (SSSR count). The fourth-order valence-corrected chi connectivity index (χ4v) is 9.08. The molecule has 0 unspecified atom stereocenters. The summed E-state index contributed by atoms with van der Waals surface area (Å²) in [6.07, 6.45) is -0.538. The fourth-order valence-electron chi connectivity index (χ4n) is 9.08. The molecule has 0 saturated carbocycles. The lowest BCUT2D eigenvalue weighted by molar-refractivity contribution is -0.158. The molecular weight excluding hydrogens is 1090 g/mol. The highest BCUT2D eigenvalue weighted by molar-refractivity contribution is 5.89. The summed E-state index contributed by atoms with van der Waals surface area (Å²) in [5.41, 5.74) is 3.81. The Bertz CT molecular complexity index is 2460. The van der Waals surface area contributed by atoms with Crippen molar-refractivity contribution in [2.24, 2.45) is 34.5 Å². The van der Waals surface area contributed by atoms with Gasteiger partial charge in [-0.2, -0.15) is 0 Å². The lowest BCUT2D eigenvalue weighted by Crippen LogP contribution is -2.53. The Morgan fingerprint density at radius 2 is 1.20 bits per heavy atom. The number of hydrogen-bond acceptors (Lipinski definition) is 18. The van der Waals surface area contributed by atoms with Crippen molar-refractivity contribution in [2.75, 3.05) is 93.4 Å². The molecule has 3 N–H and O–H groups in total. The van der Waals surface area contributed by atoms with Crippen molar-refractivity contribution in [1.82, 2.24) is 26.1 Å². The summed E-state index contributed by atoms with van der Waals surface area (Å²) in [5.74, 6) is -5.99. The average molecular weight is 1190 g/mol. The normalized spacial score (nSPS) is 13.7. The summed E-state index contributed by atoms with van der Waals surface area (Å²) in [6.45, 7) is 22.4. The van der Waals surface area contributed by atoms with Crippen LogP contribution in [-0.2, 0) is 84.4 Å². The Kier molecular flexibility index (Phi) is 32.5. The third-order valence-electron chi connectivity index (χ3n) is 13.4. The summed E-state index contributed by atoms with van der Waals surface area (Å²) >= 11 is 0. The van der Waals surface area contributed by atoms with Crippen LogP contribution >= 0.6 is 0 Å². The van der Waals surface area contributed by atoms with Crippen molar-refractivity contribution in [2.45, 2.75) is 133 Å². The molecule has 1 heterocycles. The smallest absolute Gasteiger partial charge is 0.407 e. The van der Waals surface area contributed by atoms with Crippen LogP contribution in [-0.4, -0.2) is 163 Å². The number of benzene rings is 2. The van der Waals surface area contributed by atoms with Crippen molar-refractivity contribution < 1.29 is 76.2 Å². The van der Waals surface area contributed by atoms with Gasteiger partial charge in [-0.25, -0.2) is 9.80 Å². The number of methoxy groups -OCH3 is 2. The molecule has 1 aromatic heterocycles. The minimum Gasteiger partial charge on any atom is -0.469 e. The molecule has 0 aliphatic heterocycles. The number of hydrazine groups is 1. The second kappa shape index (κ2) is 37.9. The number of nitrogens with one attached hydrogen (secondary N) is 3. The van der Waals surface area contributed by atoms with Gasteiger partial charge in [0.1, 0.15) is 24.9 Å². The number of alkyl carbamates (subject to hydrolysis) is 1. The predicted molar refractivity (Wildman–Crippen MR) is 320 cm³/mol. The van der Waals surface area contributed by atoms with E-state index in [9.17, 15) is 28.8 Å². The Morgan fingerprint density at radius 1 is 0.612 bits per heavy atom. The van der Waals surface area contributed by atoms with Crippen LogP contribution in [0.5, 0.6) is 0 Å². The van der Waals surface area contributed by atoms with E-state index in [0.29, 0.717) is 52.7 Å². The molecule has 0 fully saturated rings. The molecule has 0 saturated heterocycles. The Hall–Kier alpha value is -6.36. The summed E-state index contributed by atoms with van der Waals surface area (Å²) < 4.78 is 49.4. The van der Waals surface area contributed by atoms with Gasteiger partial charge in [0.15, 0.2) is 5.78 Å². The molecule has 3 aromatic rings. The number of ketones is 1. The second-order valence-corrected chi connectivity index (χ2v) is 24.5. The molecule has 21 nitrogen and oxygen atoms in total. The van der Waals surface area contributed by atoms with Gasteiger partial charge < -0.3 is 53.3 Å². The molecular formula is C64H97N5O16. The van der Waals surface area contributed by atoms with E-state index in [-0.39, 0.29) is 64.5 Å². The van der Waals surface area contributed by atoms with Crippen LogP contribution in [0.3, 0.4) is 0 Å². The molecule has 21 heteroatoms. The minimum atomic E-state index is -1.20. The molecule has 0 bridgehead atoms. The first kappa shape index (κ1) is 72.9. The zero-order chi connectivity index (χ0) is 63.0. The van der Waals surface area contributed by atoms with Crippen LogP contribution in [0.25, 0.3) is 11.3 Å². The summed E-state index contributed by atoms with van der Waals surface area (Å²) in [6, 6.07) is 21.4. The quantitative estimate of drug-likeness (QED) is 0.0212. The maximum Gasteiger partial charge on any atom is 0.407 e. The highest BCUT2D eigenvalue weighted by Crippen LogP contribution is 2.31. The average Bonchev–Trinajstić information content (AvgIpc) is 3.48. The zero-order valence-corrected chi connectivity index (χ0v) is 52.6. The van der Waals surface area contributed by atoms with E-state index in [1.54, 1.807) is 59.9 Å². The van der Waals surface area contributed by atoms with E-state index in [1.807, 2.05) is 107 Å². The van der Waals surface area contributed by atoms with Gasteiger partial charge in [-0.1, -0.05) is 116 Å². The van der Waals surface area contributed by atoms with Gasteiger partial charge in [0, 0.05) is 43.7 Å². The van der Waals surface area contributed by atoms with Crippen LogP contribution in [0.2, 0.25) is 0 Å². The van der Waals surface area contributed by atoms with Crippen LogP contribution in [0.1, 0.15) is 113 Å². The largest absolute Gasteiger partial charge is 0.469 e. The Morgan fingerprint density at radius 3 is 1.73 bits per heavy atom. The number of nitrogens with zero attached hydrogens (tertiary/aromatic N) is 2. The molecule has 474 valence electrons. The van der Waals surface area contributed by atoms with Gasteiger partial charge in [0.2, 0.25) is 11.8 Å². The lowest BCUT2D eigenvalue weighted by Gasteiger charge is -2.36. The van der Waals surface area contributed by atoms with Crippen LogP contribution in [0, 0.1) is 34.5 Å². The maximum absolute atomic E-state index is 15.0. The summed E-state index contributed by atoms with van der Waals surface area (Å²) in [7, 11) is 2.86. The Labute approximate surface area is 503 Å². The number of aromatic nitrogens is 1. The van der Waals surface area contributed by atoms with Crippen molar-refractivity contribution in [1.29, 1.82) is 0 Å². The van der Waals surface area contributed by atoms with Crippen LogP contribution in [0.4, 0.5) is 4.79 Å². The standard InChI is InChI=1S/C64H97N5O16/c1-45(2)37-50(40-56(72)85-64(9,10)11)59(74)66-42-57(73)84-54(44-69(68-60(75)51(62(3,4)5)41-55(71)78-13)43-47-22-24-48(25-23-47)52-21-17-18-26-65-52)49(38-46-19-15-14-16-20-46)39-53(70)58(63(6,7)8)67-61(76)83-36-35-82-34-33-81-32-31-80-30-29-79-28-27-77-12/h14-26,45,49-51,54,58H,27-44H2,1-13H3,(H,66,74)(H,67,76)(H,68,75)/t49-,50-,51-,54+,58-/m1/s1. The first-order chi connectivity index (χ1) is 40.2. The summed E-state index contributed by atoms with van der Waals surface area (Å²) in [5, 5.41) is 7.07. The molecule has 0 spiro atoms. The first-order valence-electron chi connectivity index (χ1n) is 29.3. The molecule has 0 aliphatic carbocycles. The number of hydrogen-bond donors (Lipinski definition) is 3.